The number of ether oxygens (including phenoxy) is 3. The van der Waals surface area contributed by atoms with Gasteiger partial charge >= 0.3 is 5.97 Å². The molecule has 0 spiro atoms. The summed E-state index contributed by atoms with van der Waals surface area (Å²) in [5.74, 6) is 1.46. The van der Waals surface area contributed by atoms with Crippen molar-refractivity contribution in [3.05, 3.63) is 36.5 Å². The van der Waals surface area contributed by atoms with Gasteiger partial charge in [-0.2, -0.15) is 14.6 Å². The van der Waals surface area contributed by atoms with Crippen molar-refractivity contribution in [2.75, 3.05) is 38.4 Å². The molecule has 170 valence electrons. The zero-order valence-corrected chi connectivity index (χ0v) is 18.3. The van der Waals surface area contributed by atoms with E-state index in [1.807, 2.05) is 6.07 Å². The van der Waals surface area contributed by atoms with Gasteiger partial charge in [0.1, 0.15) is 12.2 Å². The van der Waals surface area contributed by atoms with E-state index in [2.05, 4.69) is 30.4 Å². The van der Waals surface area contributed by atoms with Gasteiger partial charge in [-0.15, -0.1) is 5.10 Å². The SMILES string of the molecule is CCOC(=O)CNc1nc(-n2nc(-c3ccccn3)nc2N)c2cc(OC)c(OC)cc2n1. The van der Waals surface area contributed by atoms with Crippen LogP contribution in [0.4, 0.5) is 11.9 Å². The molecule has 1 aromatic carbocycles. The molecule has 4 rings (SSSR count). The minimum absolute atomic E-state index is 0.0989. The Morgan fingerprint density at radius 3 is 2.61 bits per heavy atom. The van der Waals surface area contributed by atoms with Crippen LogP contribution >= 0.6 is 0 Å². The van der Waals surface area contributed by atoms with Crippen LogP contribution in [0.5, 0.6) is 11.5 Å². The topological polar surface area (TPSA) is 152 Å². The van der Waals surface area contributed by atoms with Crippen LogP contribution in [-0.4, -0.2) is 63.1 Å². The maximum absolute atomic E-state index is 11.8. The molecule has 0 atom stereocenters. The second-order valence-electron chi connectivity index (χ2n) is 6.67. The van der Waals surface area contributed by atoms with E-state index in [-0.39, 0.29) is 25.0 Å². The van der Waals surface area contributed by atoms with Crippen LogP contribution in [0.15, 0.2) is 36.5 Å². The highest BCUT2D eigenvalue weighted by atomic mass is 16.5. The van der Waals surface area contributed by atoms with Gasteiger partial charge in [-0.1, -0.05) is 6.07 Å². The van der Waals surface area contributed by atoms with E-state index >= 15 is 0 Å². The minimum Gasteiger partial charge on any atom is -0.493 e. The molecule has 0 aliphatic carbocycles. The largest absolute Gasteiger partial charge is 0.493 e. The Balaban J connectivity index is 1.86. The Bertz CT molecular complexity index is 1290. The van der Waals surface area contributed by atoms with E-state index in [1.165, 1.54) is 18.9 Å². The van der Waals surface area contributed by atoms with Crippen molar-refractivity contribution in [3.63, 3.8) is 0 Å². The van der Waals surface area contributed by atoms with E-state index in [0.717, 1.165) is 0 Å². The van der Waals surface area contributed by atoms with Gasteiger partial charge in [-0.05, 0) is 25.1 Å². The summed E-state index contributed by atoms with van der Waals surface area (Å²) in [6.45, 7) is 1.89. The molecule has 12 nitrogen and oxygen atoms in total. The molecule has 0 aliphatic rings. The maximum atomic E-state index is 11.8. The number of aromatic nitrogens is 6. The van der Waals surface area contributed by atoms with Crippen LogP contribution in [-0.2, 0) is 9.53 Å². The van der Waals surface area contributed by atoms with E-state index in [4.69, 9.17) is 19.9 Å². The van der Waals surface area contributed by atoms with Crippen molar-refractivity contribution in [1.29, 1.82) is 0 Å². The molecule has 12 heteroatoms. The standard InChI is InChI=1S/C21H22N8O4/c1-4-33-17(30)11-24-21-25-14-10-16(32-3)15(31-2)9-12(14)19(27-21)29-20(22)26-18(28-29)13-7-5-6-8-23-13/h5-10H,4,11H2,1-3H3,(H2,22,26,28)(H,24,25,27). The van der Waals surface area contributed by atoms with Gasteiger partial charge in [0.2, 0.25) is 17.7 Å². The normalized spacial score (nSPS) is 10.8. The molecule has 3 heterocycles. The van der Waals surface area contributed by atoms with E-state index in [9.17, 15) is 4.79 Å². The van der Waals surface area contributed by atoms with Crippen molar-refractivity contribution in [3.8, 4) is 28.8 Å². The lowest BCUT2D eigenvalue weighted by Gasteiger charge is -2.13. The Labute approximate surface area is 188 Å². The lowest BCUT2D eigenvalue weighted by atomic mass is 10.2. The molecule has 33 heavy (non-hydrogen) atoms. The van der Waals surface area contributed by atoms with Crippen molar-refractivity contribution >= 4 is 28.8 Å². The lowest BCUT2D eigenvalue weighted by molar-refractivity contribution is -0.140. The third kappa shape index (κ3) is 4.44. The molecule has 4 aromatic rings. The molecule has 0 radical (unpaired) electrons. The van der Waals surface area contributed by atoms with Crippen LogP contribution in [0.1, 0.15) is 6.92 Å². The smallest absolute Gasteiger partial charge is 0.325 e. The third-order valence-electron chi connectivity index (χ3n) is 4.60. The number of anilines is 2. The third-order valence-corrected chi connectivity index (χ3v) is 4.60. The number of pyridine rings is 1. The number of esters is 1. The highest BCUT2D eigenvalue weighted by molar-refractivity contribution is 5.90. The number of rotatable bonds is 8. The van der Waals surface area contributed by atoms with Crippen LogP contribution in [0.3, 0.4) is 0 Å². The Morgan fingerprint density at radius 2 is 1.91 bits per heavy atom. The molecule has 0 aliphatic heterocycles. The minimum atomic E-state index is -0.437. The predicted octanol–water partition coefficient (Wildman–Crippen LogP) is 1.85. The fraction of sp³-hybridized carbons (Fsp3) is 0.238. The van der Waals surface area contributed by atoms with Gasteiger partial charge < -0.3 is 25.3 Å². The van der Waals surface area contributed by atoms with E-state index in [0.29, 0.717) is 39.7 Å². The maximum Gasteiger partial charge on any atom is 0.325 e. The Hall–Kier alpha value is -4.48. The Kier molecular flexibility index (Phi) is 6.15. The van der Waals surface area contributed by atoms with Crippen molar-refractivity contribution in [2.24, 2.45) is 0 Å². The first-order valence-corrected chi connectivity index (χ1v) is 10.0. The molecule has 0 saturated carbocycles. The number of nitrogens with two attached hydrogens (primary N) is 1. The fourth-order valence-electron chi connectivity index (χ4n) is 3.13. The summed E-state index contributed by atoms with van der Waals surface area (Å²) in [5, 5.41) is 7.95. The highest BCUT2D eigenvalue weighted by Gasteiger charge is 2.19. The summed E-state index contributed by atoms with van der Waals surface area (Å²) in [4.78, 5) is 29.4. The summed E-state index contributed by atoms with van der Waals surface area (Å²) in [7, 11) is 3.06. The Morgan fingerprint density at radius 1 is 1.12 bits per heavy atom. The number of carbonyl (C=O) groups is 1. The van der Waals surface area contributed by atoms with Crippen LogP contribution < -0.4 is 20.5 Å². The first kappa shape index (κ1) is 21.7. The molecule has 3 aromatic heterocycles. The molecule has 0 unspecified atom stereocenters. The zero-order chi connectivity index (χ0) is 23.4. The monoisotopic (exact) mass is 450 g/mol. The molecule has 0 fully saturated rings. The van der Waals surface area contributed by atoms with E-state index < -0.39 is 5.97 Å². The van der Waals surface area contributed by atoms with Crippen LogP contribution in [0.2, 0.25) is 0 Å². The van der Waals surface area contributed by atoms with Crippen LogP contribution in [0, 0.1) is 0 Å². The lowest BCUT2D eigenvalue weighted by Crippen LogP contribution is -2.19. The molecule has 0 bridgehead atoms. The molecular formula is C21H22N8O4. The number of hydrogen-bond donors (Lipinski definition) is 2. The van der Waals surface area contributed by atoms with E-state index in [1.54, 1.807) is 37.4 Å². The number of carbonyl (C=O) groups excluding carboxylic acids is 1. The number of nitrogens with one attached hydrogen (secondary N) is 1. The number of methoxy groups -OCH3 is 2. The number of nitrogen functional groups attached to an aromatic ring is 1. The van der Waals surface area contributed by atoms with Crippen molar-refractivity contribution < 1.29 is 19.0 Å². The molecule has 0 amide bonds. The first-order chi connectivity index (χ1) is 16.0. The zero-order valence-electron chi connectivity index (χ0n) is 18.3. The van der Waals surface area contributed by atoms with Gasteiger partial charge in [-0.25, -0.2) is 4.98 Å². The quantitative estimate of drug-likeness (QED) is 0.378. The summed E-state index contributed by atoms with van der Waals surface area (Å²) < 4.78 is 17.2. The van der Waals surface area contributed by atoms with Gasteiger partial charge in [0.05, 0.1) is 26.3 Å². The van der Waals surface area contributed by atoms with Crippen LogP contribution in [0.25, 0.3) is 28.2 Å². The van der Waals surface area contributed by atoms with Crippen molar-refractivity contribution in [1.82, 2.24) is 29.7 Å². The average Bonchev–Trinajstić information content (AvgIpc) is 3.23. The number of hydrogen-bond acceptors (Lipinski definition) is 11. The highest BCUT2D eigenvalue weighted by Crippen LogP contribution is 2.34. The van der Waals surface area contributed by atoms with Gasteiger partial charge in [0, 0.05) is 17.6 Å². The number of fused-ring (bicyclic) bond motifs is 1. The predicted molar refractivity (Wildman–Crippen MR) is 120 cm³/mol. The van der Waals surface area contributed by atoms with Gasteiger partial charge in [0.25, 0.3) is 0 Å². The second kappa shape index (κ2) is 9.34. The molecule has 3 N–H and O–H groups in total. The fourth-order valence-corrected chi connectivity index (χ4v) is 3.13. The summed E-state index contributed by atoms with van der Waals surface area (Å²) in [5.41, 5.74) is 7.26. The number of benzene rings is 1. The summed E-state index contributed by atoms with van der Waals surface area (Å²) in [6, 6.07) is 8.82. The summed E-state index contributed by atoms with van der Waals surface area (Å²) >= 11 is 0. The molecular weight excluding hydrogens is 428 g/mol. The first-order valence-electron chi connectivity index (χ1n) is 10.0. The van der Waals surface area contributed by atoms with Crippen molar-refractivity contribution in [2.45, 2.75) is 6.92 Å². The summed E-state index contributed by atoms with van der Waals surface area (Å²) in [6.07, 6.45) is 1.64. The average molecular weight is 450 g/mol. The van der Waals surface area contributed by atoms with Gasteiger partial charge in [-0.3, -0.25) is 9.78 Å². The second-order valence-corrected chi connectivity index (χ2v) is 6.67. The van der Waals surface area contributed by atoms with Gasteiger partial charge in [0.15, 0.2) is 17.3 Å². The number of nitrogens with zero attached hydrogens (tertiary/aromatic N) is 6. The molecule has 0 saturated heterocycles.